The van der Waals surface area contributed by atoms with Crippen LogP contribution in [-0.4, -0.2) is 26.1 Å². The molecule has 2 aromatic carbocycles. The Morgan fingerprint density at radius 2 is 1.92 bits per heavy atom. The molecule has 6 nitrogen and oxygen atoms in total. The smallest absolute Gasteiger partial charge is 0.270 e. The zero-order chi connectivity index (χ0) is 18.2. The molecule has 0 radical (unpaired) electrons. The molecule has 132 valence electrons. The monoisotopic (exact) mass is 364 g/mol. The summed E-state index contributed by atoms with van der Waals surface area (Å²) in [6.07, 6.45) is 2.59. The van der Waals surface area contributed by atoms with Crippen molar-refractivity contribution in [1.29, 1.82) is 0 Å². The van der Waals surface area contributed by atoms with E-state index in [-0.39, 0.29) is 27.5 Å². The van der Waals surface area contributed by atoms with Gasteiger partial charge >= 0.3 is 0 Å². The largest absolute Gasteiger partial charge is 0.383 e. The Morgan fingerprint density at radius 1 is 1.24 bits per heavy atom. The van der Waals surface area contributed by atoms with E-state index in [9.17, 15) is 22.9 Å². The summed E-state index contributed by atoms with van der Waals surface area (Å²) in [5.74, 6) is -0.283. The highest BCUT2D eigenvalue weighted by Crippen LogP contribution is 2.49. The highest BCUT2D eigenvalue weighted by atomic mass is 32.2. The molecule has 1 aliphatic carbocycles. The fourth-order valence-corrected chi connectivity index (χ4v) is 3.80. The van der Waals surface area contributed by atoms with Crippen LogP contribution >= 0.6 is 0 Å². The van der Waals surface area contributed by atoms with Gasteiger partial charge in [-0.05, 0) is 30.5 Å². The van der Waals surface area contributed by atoms with Crippen LogP contribution in [0, 0.1) is 15.9 Å². The first-order valence-electron chi connectivity index (χ1n) is 7.70. The maximum absolute atomic E-state index is 14.1. The van der Waals surface area contributed by atoms with Crippen LogP contribution in [0.4, 0.5) is 15.8 Å². The van der Waals surface area contributed by atoms with Gasteiger partial charge in [-0.3, -0.25) is 10.1 Å². The van der Waals surface area contributed by atoms with E-state index in [2.05, 4.69) is 5.32 Å². The maximum Gasteiger partial charge on any atom is 0.270 e. The molecule has 8 heteroatoms. The molecule has 2 aromatic rings. The van der Waals surface area contributed by atoms with Crippen molar-refractivity contribution in [3.63, 3.8) is 0 Å². The van der Waals surface area contributed by atoms with Crippen LogP contribution in [0.5, 0.6) is 0 Å². The standard InChI is InChI=1S/C17H17FN2O4S/c1-25(23,24)16-10-12(20(21)22)6-7-15(16)19-11-17(8-9-17)13-4-2-3-5-14(13)18/h2-7,10,19H,8-9,11H2,1H3. The highest BCUT2D eigenvalue weighted by molar-refractivity contribution is 7.90. The first-order valence-corrected chi connectivity index (χ1v) is 9.59. The molecule has 1 aliphatic rings. The number of nitrogens with zero attached hydrogens (tertiary/aromatic N) is 1. The van der Waals surface area contributed by atoms with Gasteiger partial charge in [0.25, 0.3) is 5.69 Å². The third-order valence-corrected chi connectivity index (χ3v) is 5.63. The Kier molecular flexibility index (Phi) is 4.24. The number of nitro groups is 1. The third kappa shape index (κ3) is 3.48. The van der Waals surface area contributed by atoms with E-state index in [4.69, 9.17) is 0 Å². The van der Waals surface area contributed by atoms with Crippen molar-refractivity contribution in [2.75, 3.05) is 18.1 Å². The van der Waals surface area contributed by atoms with Gasteiger partial charge in [0, 0.05) is 30.3 Å². The van der Waals surface area contributed by atoms with Crippen molar-refractivity contribution >= 4 is 21.2 Å². The third-order valence-electron chi connectivity index (χ3n) is 4.49. The summed E-state index contributed by atoms with van der Waals surface area (Å²) in [6, 6.07) is 10.2. The molecule has 0 spiro atoms. The molecule has 0 saturated heterocycles. The number of hydrogen-bond acceptors (Lipinski definition) is 5. The number of rotatable bonds is 6. The Balaban J connectivity index is 1.89. The van der Waals surface area contributed by atoms with Crippen LogP contribution < -0.4 is 5.32 Å². The molecule has 1 saturated carbocycles. The number of sulfone groups is 1. The first-order chi connectivity index (χ1) is 11.7. The Bertz CT molecular complexity index is 939. The van der Waals surface area contributed by atoms with Crippen molar-refractivity contribution < 1.29 is 17.7 Å². The maximum atomic E-state index is 14.1. The number of benzene rings is 2. The quantitative estimate of drug-likeness (QED) is 0.628. The van der Waals surface area contributed by atoms with Crippen LogP contribution in [0.3, 0.4) is 0 Å². The molecule has 0 atom stereocenters. The van der Waals surface area contributed by atoms with Crippen molar-refractivity contribution in [2.24, 2.45) is 0 Å². The number of halogens is 1. The highest BCUT2D eigenvalue weighted by Gasteiger charge is 2.45. The summed E-state index contributed by atoms with van der Waals surface area (Å²) < 4.78 is 38.0. The minimum atomic E-state index is -3.65. The van der Waals surface area contributed by atoms with E-state index in [1.54, 1.807) is 18.2 Å². The molecule has 1 N–H and O–H groups in total. The Morgan fingerprint density at radius 3 is 2.48 bits per heavy atom. The second kappa shape index (κ2) is 6.11. The second-order valence-electron chi connectivity index (χ2n) is 6.32. The number of nitrogens with one attached hydrogen (secondary N) is 1. The van der Waals surface area contributed by atoms with Gasteiger partial charge in [-0.2, -0.15) is 0 Å². The molecule has 0 unspecified atom stereocenters. The fourth-order valence-electron chi connectivity index (χ4n) is 2.93. The predicted molar refractivity (Wildman–Crippen MR) is 92.0 cm³/mol. The van der Waals surface area contributed by atoms with Gasteiger partial charge in [0.05, 0.1) is 15.5 Å². The van der Waals surface area contributed by atoms with Gasteiger partial charge < -0.3 is 5.32 Å². The SMILES string of the molecule is CS(=O)(=O)c1cc([N+](=O)[O-])ccc1NCC1(c2ccccc2F)CC1. The number of anilines is 1. The summed E-state index contributed by atoms with van der Waals surface area (Å²) >= 11 is 0. The molecule has 0 heterocycles. The molecular weight excluding hydrogens is 347 g/mol. The van der Waals surface area contributed by atoms with Crippen LogP contribution in [0.2, 0.25) is 0 Å². The van der Waals surface area contributed by atoms with E-state index in [0.717, 1.165) is 25.2 Å². The van der Waals surface area contributed by atoms with Gasteiger partial charge in [-0.25, -0.2) is 12.8 Å². The van der Waals surface area contributed by atoms with Crippen LogP contribution in [0.15, 0.2) is 47.4 Å². The molecule has 1 fully saturated rings. The molecule has 0 aliphatic heterocycles. The van der Waals surface area contributed by atoms with Gasteiger partial charge in [0.2, 0.25) is 0 Å². The minimum Gasteiger partial charge on any atom is -0.383 e. The van der Waals surface area contributed by atoms with E-state index >= 15 is 0 Å². The van der Waals surface area contributed by atoms with E-state index in [1.165, 1.54) is 18.2 Å². The lowest BCUT2D eigenvalue weighted by molar-refractivity contribution is -0.385. The normalized spacial score (nSPS) is 15.6. The summed E-state index contributed by atoms with van der Waals surface area (Å²) in [4.78, 5) is 10.1. The number of nitro benzene ring substituents is 1. The molecule has 25 heavy (non-hydrogen) atoms. The average molecular weight is 364 g/mol. The van der Waals surface area contributed by atoms with Gasteiger partial charge in [-0.1, -0.05) is 18.2 Å². The summed E-state index contributed by atoms with van der Waals surface area (Å²) in [7, 11) is -3.65. The van der Waals surface area contributed by atoms with E-state index in [0.29, 0.717) is 12.1 Å². The minimum absolute atomic E-state index is 0.133. The lowest BCUT2D eigenvalue weighted by atomic mass is 9.95. The van der Waals surface area contributed by atoms with Crippen molar-refractivity contribution in [3.05, 3.63) is 64.0 Å². The zero-order valence-corrected chi connectivity index (χ0v) is 14.3. The Labute approximate surface area is 144 Å². The van der Waals surface area contributed by atoms with Gasteiger partial charge in [0.15, 0.2) is 9.84 Å². The average Bonchev–Trinajstić information content (AvgIpc) is 3.33. The number of non-ortho nitro benzene ring substituents is 1. The van der Waals surface area contributed by atoms with E-state index in [1.807, 2.05) is 0 Å². The van der Waals surface area contributed by atoms with Crippen molar-refractivity contribution in [1.82, 2.24) is 0 Å². The molecular formula is C17H17FN2O4S. The van der Waals surface area contributed by atoms with Crippen molar-refractivity contribution in [3.8, 4) is 0 Å². The number of hydrogen-bond donors (Lipinski definition) is 1. The molecule has 0 aromatic heterocycles. The van der Waals surface area contributed by atoms with E-state index < -0.39 is 14.8 Å². The van der Waals surface area contributed by atoms with Crippen molar-refractivity contribution in [2.45, 2.75) is 23.2 Å². The summed E-state index contributed by atoms with van der Waals surface area (Å²) in [6.45, 7) is 0.355. The lowest BCUT2D eigenvalue weighted by Gasteiger charge is -2.19. The molecule has 0 amide bonds. The zero-order valence-electron chi connectivity index (χ0n) is 13.5. The molecule has 0 bridgehead atoms. The van der Waals surface area contributed by atoms with Gasteiger partial charge in [-0.15, -0.1) is 0 Å². The lowest BCUT2D eigenvalue weighted by Crippen LogP contribution is -2.21. The van der Waals surface area contributed by atoms with Crippen LogP contribution in [-0.2, 0) is 15.3 Å². The summed E-state index contributed by atoms with van der Waals surface area (Å²) in [5.41, 5.74) is 0.226. The second-order valence-corrected chi connectivity index (χ2v) is 8.31. The first kappa shape index (κ1) is 17.3. The summed E-state index contributed by atoms with van der Waals surface area (Å²) in [5, 5.41) is 13.9. The Hall–Kier alpha value is -2.48. The predicted octanol–water partition coefficient (Wildman–Crippen LogP) is 3.28. The molecule has 3 rings (SSSR count). The van der Waals surface area contributed by atoms with Crippen LogP contribution in [0.25, 0.3) is 0 Å². The van der Waals surface area contributed by atoms with Gasteiger partial charge in [0.1, 0.15) is 5.82 Å². The fraction of sp³-hybridized carbons (Fsp3) is 0.294. The van der Waals surface area contributed by atoms with Crippen LogP contribution in [0.1, 0.15) is 18.4 Å². The topological polar surface area (TPSA) is 89.3 Å².